The monoisotopic (exact) mass is 198 g/mol. The van der Waals surface area contributed by atoms with Crippen LogP contribution in [0.15, 0.2) is 33.5 Å². The molecule has 1 heterocycles. The summed E-state index contributed by atoms with van der Waals surface area (Å²) in [6.45, 7) is 2.01. The molecule has 0 N–H and O–H groups in total. The smallest absolute Gasteiger partial charge is 0.336 e. The molecule has 0 amide bonds. The van der Waals surface area contributed by atoms with E-state index >= 15 is 0 Å². The lowest BCUT2D eigenvalue weighted by atomic mass is 10.0. The zero-order chi connectivity index (χ0) is 10.4. The van der Waals surface area contributed by atoms with Crippen LogP contribution in [0.2, 0.25) is 0 Å². The summed E-state index contributed by atoms with van der Waals surface area (Å²) < 4.78 is 5.23. The Balaban J connectivity index is 2.49. The summed E-state index contributed by atoms with van der Waals surface area (Å²) in [4.78, 5) is 11.2. The molecule has 2 heteroatoms. The van der Waals surface area contributed by atoms with Gasteiger partial charge in [-0.2, -0.15) is 0 Å². The molecule has 0 radical (unpaired) electrons. The summed E-state index contributed by atoms with van der Waals surface area (Å²) in [5, 5.41) is 0.998. The van der Waals surface area contributed by atoms with Crippen LogP contribution in [0.25, 0.3) is 17.0 Å². The van der Waals surface area contributed by atoms with Crippen LogP contribution >= 0.6 is 0 Å². The van der Waals surface area contributed by atoms with E-state index in [0.29, 0.717) is 0 Å². The van der Waals surface area contributed by atoms with Gasteiger partial charge in [0, 0.05) is 11.5 Å². The maximum Gasteiger partial charge on any atom is 0.336 e. The minimum atomic E-state index is -0.281. The highest BCUT2D eigenvalue weighted by molar-refractivity contribution is 5.85. The van der Waals surface area contributed by atoms with Gasteiger partial charge in [-0.05, 0) is 42.2 Å². The normalized spacial score (nSPS) is 13.4. The molecule has 0 saturated carbocycles. The molecule has 1 aliphatic rings. The SMILES string of the molecule is Cc1c2c(cc3ccc(=O)oc13)C=CC2. The van der Waals surface area contributed by atoms with Crippen molar-refractivity contribution >= 4 is 17.0 Å². The summed E-state index contributed by atoms with van der Waals surface area (Å²) in [7, 11) is 0. The van der Waals surface area contributed by atoms with Gasteiger partial charge in [0.25, 0.3) is 0 Å². The molecule has 0 bridgehead atoms. The summed E-state index contributed by atoms with van der Waals surface area (Å²) >= 11 is 0. The first-order valence-electron chi connectivity index (χ1n) is 4.98. The number of allylic oxidation sites excluding steroid dienone is 1. The van der Waals surface area contributed by atoms with E-state index in [0.717, 1.165) is 23.0 Å². The molecule has 0 saturated heterocycles. The zero-order valence-electron chi connectivity index (χ0n) is 8.41. The van der Waals surface area contributed by atoms with Gasteiger partial charge in [0.05, 0.1) is 0 Å². The molecule has 0 unspecified atom stereocenters. The van der Waals surface area contributed by atoms with Gasteiger partial charge in [-0.15, -0.1) is 0 Å². The second-order valence-corrected chi connectivity index (χ2v) is 3.85. The van der Waals surface area contributed by atoms with Crippen LogP contribution < -0.4 is 5.63 Å². The second kappa shape index (κ2) is 2.83. The van der Waals surface area contributed by atoms with Crippen molar-refractivity contribution in [3.05, 3.63) is 51.4 Å². The van der Waals surface area contributed by atoms with Crippen molar-refractivity contribution in [1.29, 1.82) is 0 Å². The quantitative estimate of drug-likeness (QED) is 0.609. The van der Waals surface area contributed by atoms with Gasteiger partial charge < -0.3 is 4.42 Å². The van der Waals surface area contributed by atoms with Gasteiger partial charge >= 0.3 is 5.63 Å². The fourth-order valence-corrected chi connectivity index (χ4v) is 2.17. The molecule has 0 atom stereocenters. The van der Waals surface area contributed by atoms with Gasteiger partial charge in [0.1, 0.15) is 5.58 Å². The summed E-state index contributed by atoms with van der Waals surface area (Å²) in [6, 6.07) is 5.36. The third-order valence-corrected chi connectivity index (χ3v) is 2.94. The van der Waals surface area contributed by atoms with Gasteiger partial charge in [-0.3, -0.25) is 0 Å². The van der Waals surface area contributed by atoms with Crippen LogP contribution in [-0.4, -0.2) is 0 Å². The van der Waals surface area contributed by atoms with Crippen LogP contribution in [0.3, 0.4) is 0 Å². The second-order valence-electron chi connectivity index (χ2n) is 3.85. The van der Waals surface area contributed by atoms with E-state index in [1.807, 2.05) is 13.0 Å². The average molecular weight is 198 g/mol. The van der Waals surface area contributed by atoms with Crippen molar-refractivity contribution in [1.82, 2.24) is 0 Å². The zero-order valence-corrected chi connectivity index (χ0v) is 8.41. The Morgan fingerprint density at radius 3 is 3.07 bits per heavy atom. The Bertz CT molecular complexity index is 633. The van der Waals surface area contributed by atoms with Crippen molar-refractivity contribution < 1.29 is 4.42 Å². The Labute approximate surface area is 86.8 Å². The first-order chi connectivity index (χ1) is 7.25. The highest BCUT2D eigenvalue weighted by atomic mass is 16.4. The van der Waals surface area contributed by atoms with Crippen molar-refractivity contribution in [2.75, 3.05) is 0 Å². The van der Waals surface area contributed by atoms with Crippen molar-refractivity contribution in [3.63, 3.8) is 0 Å². The van der Waals surface area contributed by atoms with Gasteiger partial charge in [-0.25, -0.2) is 4.79 Å². The standard InChI is InChI=1S/C13H10O2/c1-8-11-4-2-3-9(11)7-10-5-6-12(14)15-13(8)10/h2-3,5-7H,4H2,1H3. The van der Waals surface area contributed by atoms with Gasteiger partial charge in [0.2, 0.25) is 0 Å². The molecule has 0 fully saturated rings. The summed E-state index contributed by atoms with van der Waals surface area (Å²) in [6.07, 6.45) is 5.19. The fraction of sp³-hybridized carbons (Fsp3) is 0.154. The topological polar surface area (TPSA) is 30.2 Å². The largest absolute Gasteiger partial charge is 0.422 e. The van der Waals surface area contributed by atoms with Crippen molar-refractivity contribution in [2.24, 2.45) is 0 Å². The van der Waals surface area contributed by atoms with E-state index < -0.39 is 0 Å². The van der Waals surface area contributed by atoms with Crippen LogP contribution in [0.5, 0.6) is 0 Å². The van der Waals surface area contributed by atoms with E-state index in [9.17, 15) is 4.79 Å². The Kier molecular flexibility index (Phi) is 1.60. The Morgan fingerprint density at radius 1 is 1.33 bits per heavy atom. The molecule has 1 aromatic heterocycles. The number of hydrogen-bond acceptors (Lipinski definition) is 2. The highest BCUT2D eigenvalue weighted by Crippen LogP contribution is 2.29. The first-order valence-corrected chi connectivity index (χ1v) is 4.98. The Morgan fingerprint density at radius 2 is 2.20 bits per heavy atom. The third-order valence-electron chi connectivity index (χ3n) is 2.94. The number of benzene rings is 1. The molecule has 0 spiro atoms. The van der Waals surface area contributed by atoms with E-state index in [2.05, 4.69) is 18.2 Å². The molecule has 2 nitrogen and oxygen atoms in total. The van der Waals surface area contributed by atoms with Crippen LogP contribution in [0.4, 0.5) is 0 Å². The third kappa shape index (κ3) is 1.14. The van der Waals surface area contributed by atoms with Crippen LogP contribution in [0.1, 0.15) is 16.7 Å². The van der Waals surface area contributed by atoms with E-state index in [-0.39, 0.29) is 5.63 Å². The Hall–Kier alpha value is -1.83. The number of hydrogen-bond donors (Lipinski definition) is 0. The number of fused-ring (bicyclic) bond motifs is 2. The molecule has 0 aliphatic heterocycles. The average Bonchev–Trinajstić information content (AvgIpc) is 2.68. The first kappa shape index (κ1) is 8.48. The number of rotatable bonds is 0. The minimum absolute atomic E-state index is 0.281. The molecule has 1 aromatic carbocycles. The van der Waals surface area contributed by atoms with E-state index in [1.165, 1.54) is 17.2 Å². The van der Waals surface area contributed by atoms with E-state index in [4.69, 9.17) is 4.42 Å². The number of aryl methyl sites for hydroxylation is 1. The van der Waals surface area contributed by atoms with Crippen LogP contribution in [-0.2, 0) is 6.42 Å². The highest BCUT2D eigenvalue weighted by Gasteiger charge is 2.12. The molecule has 74 valence electrons. The molecular formula is C13H10O2. The lowest BCUT2D eigenvalue weighted by Gasteiger charge is -2.06. The lowest BCUT2D eigenvalue weighted by Crippen LogP contribution is -1.98. The predicted octanol–water partition coefficient (Wildman–Crippen LogP) is 2.67. The maximum atomic E-state index is 11.2. The lowest BCUT2D eigenvalue weighted by molar-refractivity contribution is 0.558. The predicted molar refractivity (Wildman–Crippen MR) is 60.0 cm³/mol. The summed E-state index contributed by atoms with van der Waals surface area (Å²) in [5.74, 6) is 0. The molecular weight excluding hydrogens is 188 g/mol. The fourth-order valence-electron chi connectivity index (χ4n) is 2.17. The van der Waals surface area contributed by atoms with Gasteiger partial charge in [0.15, 0.2) is 0 Å². The molecule has 15 heavy (non-hydrogen) atoms. The van der Waals surface area contributed by atoms with Crippen molar-refractivity contribution in [2.45, 2.75) is 13.3 Å². The minimum Gasteiger partial charge on any atom is -0.422 e. The maximum absolute atomic E-state index is 11.2. The van der Waals surface area contributed by atoms with Gasteiger partial charge in [-0.1, -0.05) is 12.2 Å². The molecule has 1 aliphatic carbocycles. The molecule has 3 rings (SSSR count). The van der Waals surface area contributed by atoms with Crippen molar-refractivity contribution in [3.8, 4) is 0 Å². The van der Waals surface area contributed by atoms with E-state index in [1.54, 1.807) is 0 Å². The summed E-state index contributed by atoms with van der Waals surface area (Å²) in [5.41, 5.74) is 4.05. The molecule has 2 aromatic rings. The van der Waals surface area contributed by atoms with Crippen LogP contribution in [0, 0.1) is 6.92 Å².